The van der Waals surface area contributed by atoms with Gasteiger partial charge in [0.1, 0.15) is 18.3 Å². The van der Waals surface area contributed by atoms with Gasteiger partial charge in [-0.2, -0.15) is 0 Å². The van der Waals surface area contributed by atoms with Crippen LogP contribution in [0.5, 0.6) is 5.75 Å². The van der Waals surface area contributed by atoms with Gasteiger partial charge in [0.25, 0.3) is 10.0 Å². The lowest BCUT2D eigenvalue weighted by molar-refractivity contribution is -0.139. The quantitative estimate of drug-likeness (QED) is 0.333. The Bertz CT molecular complexity index is 1420. The van der Waals surface area contributed by atoms with Crippen LogP contribution < -0.4 is 14.4 Å². The Morgan fingerprint density at radius 3 is 2.21 bits per heavy atom. The summed E-state index contributed by atoms with van der Waals surface area (Å²) in [5.41, 5.74) is 0.731. The number of benzene rings is 3. The number of carbonyl (C=O) groups is 2. The summed E-state index contributed by atoms with van der Waals surface area (Å²) in [5.74, 6) is -0.737. The second kappa shape index (κ2) is 13.2. The molecule has 1 unspecified atom stereocenters. The molecule has 208 valence electrons. The predicted octanol–water partition coefficient (Wildman–Crippen LogP) is 5.14. The topological polar surface area (TPSA) is 96.0 Å². The Labute approximate surface area is 239 Å². The van der Waals surface area contributed by atoms with E-state index >= 15 is 0 Å². The van der Waals surface area contributed by atoms with E-state index in [0.717, 1.165) is 4.31 Å². The number of anilines is 1. The summed E-state index contributed by atoms with van der Waals surface area (Å²) in [6.45, 7) is 4.55. The van der Waals surface area contributed by atoms with Crippen molar-refractivity contribution in [1.82, 2.24) is 10.2 Å². The Kier molecular flexibility index (Phi) is 10.2. The fourth-order valence-corrected chi connectivity index (χ4v) is 5.80. The number of nitrogens with zero attached hydrogens (tertiary/aromatic N) is 2. The van der Waals surface area contributed by atoms with E-state index in [1.807, 2.05) is 13.8 Å². The molecule has 3 aromatic carbocycles. The van der Waals surface area contributed by atoms with Crippen molar-refractivity contribution in [3.8, 4) is 5.75 Å². The van der Waals surface area contributed by atoms with Gasteiger partial charge in [-0.3, -0.25) is 13.9 Å². The first-order valence-electron chi connectivity index (χ1n) is 12.2. The SMILES string of the molecule is COc1ccccc1N(CC(=O)N(Cc1ccc(Cl)cc1Cl)C(C)C(=O)NC(C)C)S(=O)(=O)c1ccccc1. The van der Waals surface area contributed by atoms with Crippen molar-refractivity contribution < 1.29 is 22.7 Å². The highest BCUT2D eigenvalue weighted by Gasteiger charge is 2.34. The van der Waals surface area contributed by atoms with Gasteiger partial charge in [0.05, 0.1) is 17.7 Å². The number of amides is 2. The van der Waals surface area contributed by atoms with Crippen LogP contribution in [0.25, 0.3) is 0 Å². The summed E-state index contributed by atoms with van der Waals surface area (Å²) in [6, 6.07) is 18.0. The van der Waals surface area contributed by atoms with Crippen LogP contribution >= 0.6 is 23.2 Å². The van der Waals surface area contributed by atoms with Crippen LogP contribution in [-0.4, -0.2) is 50.9 Å². The molecule has 0 heterocycles. The Balaban J connectivity index is 2.08. The average Bonchev–Trinajstić information content (AvgIpc) is 2.90. The van der Waals surface area contributed by atoms with Gasteiger partial charge in [0.15, 0.2) is 0 Å². The van der Waals surface area contributed by atoms with Gasteiger partial charge in [-0.05, 0) is 62.7 Å². The maximum atomic E-state index is 13.9. The van der Waals surface area contributed by atoms with Gasteiger partial charge in [0, 0.05) is 22.6 Å². The predicted molar refractivity (Wildman–Crippen MR) is 154 cm³/mol. The summed E-state index contributed by atoms with van der Waals surface area (Å²) < 4.78 is 34.1. The molecule has 0 saturated heterocycles. The zero-order valence-corrected chi connectivity index (χ0v) is 24.4. The maximum Gasteiger partial charge on any atom is 0.264 e. The molecule has 3 rings (SSSR count). The highest BCUT2D eigenvalue weighted by molar-refractivity contribution is 7.92. The lowest BCUT2D eigenvalue weighted by Gasteiger charge is -2.32. The molecule has 0 saturated carbocycles. The number of hydrogen-bond donors (Lipinski definition) is 1. The van der Waals surface area contributed by atoms with Crippen LogP contribution in [0.4, 0.5) is 5.69 Å². The molecule has 0 aliphatic heterocycles. The molecule has 1 N–H and O–H groups in total. The summed E-state index contributed by atoms with van der Waals surface area (Å²) in [5, 5.41) is 3.54. The first kappa shape index (κ1) is 30.3. The van der Waals surface area contributed by atoms with Crippen molar-refractivity contribution in [2.45, 2.75) is 44.3 Å². The normalized spacial score (nSPS) is 12.1. The summed E-state index contributed by atoms with van der Waals surface area (Å²) in [4.78, 5) is 28.2. The molecule has 0 aliphatic rings. The highest BCUT2D eigenvalue weighted by Crippen LogP contribution is 2.32. The van der Waals surface area contributed by atoms with Crippen molar-refractivity contribution in [1.29, 1.82) is 0 Å². The molecule has 8 nitrogen and oxygen atoms in total. The molecule has 0 aliphatic carbocycles. The smallest absolute Gasteiger partial charge is 0.264 e. The molecule has 0 spiro atoms. The zero-order valence-electron chi connectivity index (χ0n) is 22.1. The van der Waals surface area contributed by atoms with Gasteiger partial charge in [-0.25, -0.2) is 8.42 Å². The fraction of sp³-hybridized carbons (Fsp3) is 0.286. The molecular weight excluding hydrogens is 561 g/mol. The molecule has 1 atom stereocenters. The molecule has 2 amide bonds. The second-order valence-electron chi connectivity index (χ2n) is 9.09. The number of sulfonamides is 1. The van der Waals surface area contributed by atoms with Gasteiger partial charge in [0.2, 0.25) is 11.8 Å². The van der Waals surface area contributed by atoms with E-state index in [0.29, 0.717) is 15.6 Å². The Morgan fingerprint density at radius 1 is 0.949 bits per heavy atom. The minimum Gasteiger partial charge on any atom is -0.495 e. The van der Waals surface area contributed by atoms with E-state index in [-0.39, 0.29) is 28.9 Å². The van der Waals surface area contributed by atoms with Gasteiger partial charge in [-0.1, -0.05) is 59.6 Å². The van der Waals surface area contributed by atoms with Gasteiger partial charge < -0.3 is 15.0 Å². The molecule has 0 fully saturated rings. The van der Waals surface area contributed by atoms with E-state index in [2.05, 4.69) is 5.32 Å². The molecule has 11 heteroatoms. The number of methoxy groups -OCH3 is 1. The standard InChI is InChI=1S/C28H31Cl2N3O5S/c1-19(2)31-28(35)20(3)32(17-21-14-15-22(29)16-24(21)30)27(34)18-33(25-12-8-9-13-26(25)38-4)39(36,37)23-10-6-5-7-11-23/h5-16,19-20H,17-18H2,1-4H3,(H,31,35). The number of nitrogens with one attached hydrogen (secondary N) is 1. The monoisotopic (exact) mass is 591 g/mol. The van der Waals surface area contributed by atoms with Gasteiger partial charge >= 0.3 is 0 Å². The Hall–Kier alpha value is -3.27. The van der Waals surface area contributed by atoms with E-state index in [1.165, 1.54) is 24.1 Å². The van der Waals surface area contributed by atoms with Crippen LogP contribution in [0.2, 0.25) is 10.0 Å². The first-order valence-corrected chi connectivity index (χ1v) is 14.4. The van der Waals surface area contributed by atoms with Crippen molar-refractivity contribution in [3.63, 3.8) is 0 Å². The summed E-state index contributed by atoms with van der Waals surface area (Å²) in [7, 11) is -2.79. The number of hydrogen-bond acceptors (Lipinski definition) is 5. The maximum absolute atomic E-state index is 13.9. The largest absolute Gasteiger partial charge is 0.495 e. The van der Waals surface area contributed by atoms with E-state index in [4.69, 9.17) is 27.9 Å². The minimum atomic E-state index is -4.21. The molecule has 0 aromatic heterocycles. The van der Waals surface area contributed by atoms with Crippen molar-refractivity contribution in [2.75, 3.05) is 18.0 Å². The molecule has 39 heavy (non-hydrogen) atoms. The third-order valence-corrected chi connectivity index (χ3v) is 8.28. The van der Waals surface area contributed by atoms with Crippen LogP contribution in [-0.2, 0) is 26.2 Å². The van der Waals surface area contributed by atoms with Crippen LogP contribution in [0.1, 0.15) is 26.3 Å². The van der Waals surface area contributed by atoms with Crippen LogP contribution in [0.3, 0.4) is 0 Å². The van der Waals surface area contributed by atoms with Crippen molar-refractivity contribution >= 4 is 50.7 Å². The van der Waals surface area contributed by atoms with E-state index in [9.17, 15) is 18.0 Å². The molecule has 3 aromatic rings. The third-order valence-electron chi connectivity index (χ3n) is 5.92. The zero-order chi connectivity index (χ0) is 28.7. The number of para-hydroxylation sites is 2. The highest BCUT2D eigenvalue weighted by atomic mass is 35.5. The van der Waals surface area contributed by atoms with Crippen LogP contribution in [0, 0.1) is 0 Å². The molecular formula is C28H31Cl2N3O5S. The van der Waals surface area contributed by atoms with Crippen molar-refractivity contribution in [3.05, 3.63) is 88.4 Å². The third kappa shape index (κ3) is 7.44. The number of halogens is 2. The Morgan fingerprint density at radius 2 is 1.59 bits per heavy atom. The number of ether oxygens (including phenoxy) is 1. The molecule has 0 radical (unpaired) electrons. The first-order chi connectivity index (χ1) is 18.4. The van der Waals surface area contributed by atoms with Crippen LogP contribution in [0.15, 0.2) is 77.7 Å². The minimum absolute atomic E-state index is 0.00148. The fourth-order valence-electron chi connectivity index (χ4n) is 3.89. The lowest BCUT2D eigenvalue weighted by atomic mass is 10.1. The van der Waals surface area contributed by atoms with Gasteiger partial charge in [-0.15, -0.1) is 0 Å². The molecule has 0 bridgehead atoms. The lowest BCUT2D eigenvalue weighted by Crippen LogP contribution is -2.52. The summed E-state index contributed by atoms with van der Waals surface area (Å²) in [6.07, 6.45) is 0. The van der Waals surface area contributed by atoms with E-state index in [1.54, 1.807) is 67.6 Å². The van der Waals surface area contributed by atoms with Crippen molar-refractivity contribution in [2.24, 2.45) is 0 Å². The second-order valence-corrected chi connectivity index (χ2v) is 11.8. The number of rotatable bonds is 11. The number of carbonyl (C=O) groups excluding carboxylic acids is 2. The summed E-state index contributed by atoms with van der Waals surface area (Å²) >= 11 is 12.4. The van der Waals surface area contributed by atoms with E-state index < -0.39 is 34.4 Å². The average molecular weight is 593 g/mol.